The van der Waals surface area contributed by atoms with Gasteiger partial charge in [0.2, 0.25) is 0 Å². The predicted molar refractivity (Wildman–Crippen MR) is 91.3 cm³/mol. The largest absolute Gasteiger partial charge is 0.481 e. The molecule has 0 aromatic heterocycles. The van der Waals surface area contributed by atoms with E-state index in [1.54, 1.807) is 12.1 Å². The fourth-order valence-corrected chi connectivity index (χ4v) is 3.27. The van der Waals surface area contributed by atoms with Crippen LogP contribution in [0.1, 0.15) is 16.8 Å². The molecule has 0 saturated carbocycles. The van der Waals surface area contributed by atoms with E-state index in [9.17, 15) is 9.59 Å². The fourth-order valence-electron chi connectivity index (χ4n) is 2.21. The quantitative estimate of drug-likeness (QED) is 0.634. The highest BCUT2D eigenvalue weighted by Gasteiger charge is 2.27. The van der Waals surface area contributed by atoms with Crippen molar-refractivity contribution in [2.24, 2.45) is 0 Å². The van der Waals surface area contributed by atoms with Gasteiger partial charge < -0.3 is 14.9 Å². The molecule has 7 heteroatoms. The average Bonchev–Trinajstić information content (AvgIpc) is 2.67. The Hall–Kier alpha value is -1.66. The van der Waals surface area contributed by atoms with Gasteiger partial charge in [0.05, 0.1) is 28.6 Å². The van der Waals surface area contributed by atoms with Crippen molar-refractivity contribution in [3.8, 4) is 0 Å². The molecule has 5 nitrogen and oxygen atoms in total. The Morgan fingerprint density at radius 3 is 2.45 bits per heavy atom. The zero-order chi connectivity index (χ0) is 16.4. The summed E-state index contributed by atoms with van der Waals surface area (Å²) in [7, 11) is 3.78. The Balaban J connectivity index is 2.14. The number of carboxylic acid groups (broad SMARTS) is 1. The topological polar surface area (TPSA) is 60.9 Å². The number of thioether (sulfide) groups is 1. The van der Waals surface area contributed by atoms with Gasteiger partial charge in [-0.15, -0.1) is 0 Å². The first-order chi connectivity index (χ1) is 10.3. The maximum absolute atomic E-state index is 12.3. The molecule has 0 aliphatic carbocycles. The fraction of sp³-hybridized carbons (Fsp3) is 0.333. The maximum atomic E-state index is 12.3. The van der Waals surface area contributed by atoms with E-state index in [1.807, 2.05) is 23.9 Å². The van der Waals surface area contributed by atoms with E-state index in [1.165, 1.54) is 11.8 Å². The summed E-state index contributed by atoms with van der Waals surface area (Å²) in [6, 6.07) is 3.53. The molecule has 118 valence electrons. The van der Waals surface area contributed by atoms with Crippen molar-refractivity contribution < 1.29 is 14.7 Å². The van der Waals surface area contributed by atoms with E-state index in [4.69, 9.17) is 16.7 Å². The average molecular weight is 341 g/mol. The lowest BCUT2D eigenvalue weighted by Gasteiger charge is -2.15. The lowest BCUT2D eigenvalue weighted by atomic mass is 10.1. The summed E-state index contributed by atoms with van der Waals surface area (Å²) in [6.07, 6.45) is 0.0449. The predicted octanol–water partition coefficient (Wildman–Crippen LogP) is 3.09. The van der Waals surface area contributed by atoms with Crippen LogP contribution in [0, 0.1) is 0 Å². The van der Waals surface area contributed by atoms with Crippen LogP contribution in [-0.2, 0) is 4.79 Å². The SMILES string of the molecule is C=C1N(C)c2cc(Cl)c(C(=O)CSCCC(=O)O)cc2N1C. The van der Waals surface area contributed by atoms with Crippen LogP contribution in [0.3, 0.4) is 0 Å². The Bertz CT molecular complexity index is 648. The van der Waals surface area contributed by atoms with Crippen LogP contribution in [-0.4, -0.2) is 42.5 Å². The van der Waals surface area contributed by atoms with E-state index in [-0.39, 0.29) is 18.0 Å². The number of ketones is 1. The van der Waals surface area contributed by atoms with Crippen LogP contribution in [0.2, 0.25) is 5.02 Å². The van der Waals surface area contributed by atoms with Crippen LogP contribution in [0.5, 0.6) is 0 Å². The molecule has 0 radical (unpaired) electrons. The number of hydrogen-bond donors (Lipinski definition) is 1. The Labute approximate surface area is 138 Å². The molecule has 1 N–H and O–H groups in total. The summed E-state index contributed by atoms with van der Waals surface area (Å²) >= 11 is 7.53. The summed E-state index contributed by atoms with van der Waals surface area (Å²) in [4.78, 5) is 26.5. The lowest BCUT2D eigenvalue weighted by Crippen LogP contribution is -2.20. The molecule has 2 rings (SSSR count). The van der Waals surface area contributed by atoms with Gasteiger partial charge in [0.15, 0.2) is 5.78 Å². The highest BCUT2D eigenvalue weighted by molar-refractivity contribution is 8.00. The van der Waals surface area contributed by atoms with Gasteiger partial charge in [0.25, 0.3) is 0 Å². The van der Waals surface area contributed by atoms with E-state index in [2.05, 4.69) is 6.58 Å². The summed E-state index contributed by atoms with van der Waals surface area (Å²) in [5.41, 5.74) is 2.25. The smallest absolute Gasteiger partial charge is 0.304 e. The van der Waals surface area contributed by atoms with Crippen LogP contribution in [0.25, 0.3) is 0 Å². The molecule has 1 aliphatic rings. The standard InChI is InChI=1S/C15H17ClN2O3S/c1-9-17(2)12-6-10(11(16)7-13(12)18(9)3)14(19)8-22-5-4-15(20)21/h6-7H,1,4-5,8H2,2-3H3,(H,20,21). The highest BCUT2D eigenvalue weighted by atomic mass is 35.5. The second kappa shape index (κ2) is 6.62. The van der Waals surface area contributed by atoms with Gasteiger partial charge in [0, 0.05) is 25.4 Å². The van der Waals surface area contributed by atoms with Crippen LogP contribution >= 0.6 is 23.4 Å². The molecule has 1 aliphatic heterocycles. The van der Waals surface area contributed by atoms with E-state index < -0.39 is 5.97 Å². The number of carbonyl (C=O) groups is 2. The second-order valence-electron chi connectivity index (χ2n) is 4.97. The molecule has 0 spiro atoms. The number of hydrogen-bond acceptors (Lipinski definition) is 5. The van der Waals surface area contributed by atoms with Crippen molar-refractivity contribution in [3.63, 3.8) is 0 Å². The van der Waals surface area contributed by atoms with E-state index >= 15 is 0 Å². The molecular weight excluding hydrogens is 324 g/mol. The van der Waals surface area contributed by atoms with Crippen LogP contribution in [0.4, 0.5) is 11.4 Å². The van der Waals surface area contributed by atoms with Gasteiger partial charge in [0.1, 0.15) is 5.82 Å². The zero-order valence-electron chi connectivity index (χ0n) is 12.4. The van der Waals surface area contributed by atoms with Crippen molar-refractivity contribution in [2.75, 3.05) is 35.4 Å². The summed E-state index contributed by atoms with van der Waals surface area (Å²) < 4.78 is 0. The molecule has 0 saturated heterocycles. The molecular formula is C15H17ClN2O3S. The lowest BCUT2D eigenvalue weighted by molar-refractivity contribution is -0.136. The second-order valence-corrected chi connectivity index (χ2v) is 6.49. The third kappa shape index (κ3) is 3.23. The Morgan fingerprint density at radius 2 is 1.86 bits per heavy atom. The van der Waals surface area contributed by atoms with Gasteiger partial charge >= 0.3 is 5.97 Å². The summed E-state index contributed by atoms with van der Waals surface area (Å²) in [5, 5.41) is 8.99. The molecule has 1 aromatic rings. The zero-order valence-corrected chi connectivity index (χ0v) is 14.0. The minimum Gasteiger partial charge on any atom is -0.481 e. The minimum absolute atomic E-state index is 0.0449. The first-order valence-corrected chi connectivity index (χ1v) is 8.19. The van der Waals surface area contributed by atoms with Gasteiger partial charge in [-0.05, 0) is 12.1 Å². The van der Waals surface area contributed by atoms with Crippen molar-refractivity contribution in [1.29, 1.82) is 0 Å². The van der Waals surface area contributed by atoms with Crippen molar-refractivity contribution in [2.45, 2.75) is 6.42 Å². The molecule has 0 amide bonds. The first-order valence-electron chi connectivity index (χ1n) is 6.65. The van der Waals surface area contributed by atoms with Gasteiger partial charge in [-0.2, -0.15) is 11.8 Å². The Kier molecular flexibility index (Phi) is 5.03. The summed E-state index contributed by atoms with van der Waals surface area (Å²) in [6.45, 7) is 3.98. The number of anilines is 2. The molecule has 1 aromatic carbocycles. The number of aliphatic carboxylic acids is 1. The van der Waals surface area contributed by atoms with Crippen molar-refractivity contribution in [1.82, 2.24) is 0 Å². The number of fused-ring (bicyclic) bond motifs is 1. The normalized spacial score (nSPS) is 13.5. The van der Waals surface area contributed by atoms with Crippen molar-refractivity contribution >= 4 is 46.5 Å². The molecule has 0 fully saturated rings. The van der Waals surface area contributed by atoms with Crippen LogP contribution in [0.15, 0.2) is 24.5 Å². The van der Waals surface area contributed by atoms with E-state index in [0.29, 0.717) is 16.3 Å². The number of benzene rings is 1. The molecule has 0 bridgehead atoms. The van der Waals surface area contributed by atoms with Crippen LogP contribution < -0.4 is 9.80 Å². The third-order valence-corrected chi connectivity index (χ3v) is 4.83. The Morgan fingerprint density at radius 1 is 1.27 bits per heavy atom. The van der Waals surface area contributed by atoms with Crippen molar-refractivity contribution in [3.05, 3.63) is 35.1 Å². The highest BCUT2D eigenvalue weighted by Crippen LogP contribution is 2.42. The maximum Gasteiger partial charge on any atom is 0.304 e. The van der Waals surface area contributed by atoms with E-state index in [0.717, 1.165) is 17.2 Å². The monoisotopic (exact) mass is 340 g/mol. The molecule has 0 unspecified atom stereocenters. The number of Topliss-reactive ketones (excluding diaryl/α,β-unsaturated/α-hetero) is 1. The first kappa shape index (κ1) is 16.7. The number of rotatable bonds is 6. The number of carboxylic acids is 1. The minimum atomic E-state index is -0.862. The number of carbonyl (C=O) groups excluding carboxylic acids is 1. The number of nitrogens with zero attached hydrogens (tertiary/aromatic N) is 2. The summed E-state index contributed by atoms with van der Waals surface area (Å²) in [5.74, 6) is 0.469. The molecule has 1 heterocycles. The van der Waals surface area contributed by atoms with Gasteiger partial charge in [-0.3, -0.25) is 9.59 Å². The molecule has 0 atom stereocenters. The third-order valence-electron chi connectivity index (χ3n) is 3.56. The van der Waals surface area contributed by atoms with Gasteiger partial charge in [-0.1, -0.05) is 18.2 Å². The van der Waals surface area contributed by atoms with Gasteiger partial charge in [-0.25, -0.2) is 0 Å². The number of halogens is 1. The molecule has 22 heavy (non-hydrogen) atoms.